The van der Waals surface area contributed by atoms with E-state index in [1.54, 1.807) is 37.5 Å². The predicted octanol–water partition coefficient (Wildman–Crippen LogP) is 3.03. The number of pyridine rings is 1. The van der Waals surface area contributed by atoms with Crippen LogP contribution in [0.4, 0.5) is 5.69 Å². The molecular weight excluding hydrogens is 272 g/mol. The number of hydrogen-bond acceptors (Lipinski definition) is 6. The van der Waals surface area contributed by atoms with E-state index in [-0.39, 0.29) is 5.69 Å². The Kier molecular flexibility index (Phi) is 3.15. The van der Waals surface area contributed by atoms with Gasteiger partial charge >= 0.3 is 0 Å². The molecule has 1 aromatic carbocycles. The smallest absolute Gasteiger partial charge is 0.290 e. The molecule has 7 nitrogen and oxygen atoms in total. The van der Waals surface area contributed by atoms with Gasteiger partial charge in [0.2, 0.25) is 5.88 Å². The lowest BCUT2D eigenvalue weighted by Gasteiger charge is -2.06. The van der Waals surface area contributed by atoms with E-state index >= 15 is 0 Å². The number of aromatic nitrogens is 3. The molecule has 0 bridgehead atoms. The molecule has 0 fully saturated rings. The summed E-state index contributed by atoms with van der Waals surface area (Å²) in [5, 5.41) is 10.7. The first-order valence-electron chi connectivity index (χ1n) is 6.14. The van der Waals surface area contributed by atoms with Crippen LogP contribution in [0, 0.1) is 17.0 Å². The van der Waals surface area contributed by atoms with Crippen molar-refractivity contribution in [1.29, 1.82) is 0 Å². The van der Waals surface area contributed by atoms with Crippen LogP contribution in [0.25, 0.3) is 11.0 Å². The number of benzene rings is 1. The summed E-state index contributed by atoms with van der Waals surface area (Å²) in [4.78, 5) is 22.7. The molecule has 7 heteroatoms. The van der Waals surface area contributed by atoms with Gasteiger partial charge in [-0.15, -0.1) is 0 Å². The van der Waals surface area contributed by atoms with Gasteiger partial charge in [0, 0.05) is 30.6 Å². The highest BCUT2D eigenvalue weighted by Gasteiger charge is 2.12. The van der Waals surface area contributed by atoms with Crippen LogP contribution in [0.5, 0.6) is 11.6 Å². The van der Waals surface area contributed by atoms with Gasteiger partial charge in [0.25, 0.3) is 5.69 Å². The first-order chi connectivity index (χ1) is 10.1. The summed E-state index contributed by atoms with van der Waals surface area (Å²) < 4.78 is 5.60. The third-order valence-electron chi connectivity index (χ3n) is 2.89. The molecule has 2 heterocycles. The average molecular weight is 282 g/mol. The van der Waals surface area contributed by atoms with Crippen LogP contribution < -0.4 is 4.74 Å². The molecule has 0 radical (unpaired) electrons. The highest BCUT2D eigenvalue weighted by atomic mass is 16.6. The molecule has 3 aromatic rings. The quantitative estimate of drug-likeness (QED) is 0.541. The average Bonchev–Trinajstić information content (AvgIpc) is 2.47. The summed E-state index contributed by atoms with van der Waals surface area (Å²) in [6.07, 6.45) is 3.21. The van der Waals surface area contributed by atoms with Crippen molar-refractivity contribution in [3.05, 3.63) is 58.5 Å². The SMILES string of the molecule is Cc1nc(Oc2ccc3nccnc3c2)ccc1[N+](=O)[O-]. The van der Waals surface area contributed by atoms with Gasteiger partial charge < -0.3 is 4.74 Å². The van der Waals surface area contributed by atoms with Crippen molar-refractivity contribution in [2.24, 2.45) is 0 Å². The molecule has 0 saturated carbocycles. The van der Waals surface area contributed by atoms with Crippen molar-refractivity contribution >= 4 is 16.7 Å². The highest BCUT2D eigenvalue weighted by Crippen LogP contribution is 2.25. The van der Waals surface area contributed by atoms with Crippen LogP contribution in [-0.4, -0.2) is 19.9 Å². The Morgan fingerprint density at radius 1 is 1.10 bits per heavy atom. The van der Waals surface area contributed by atoms with E-state index in [9.17, 15) is 10.1 Å². The minimum atomic E-state index is -0.474. The molecular formula is C14H10N4O3. The fraction of sp³-hybridized carbons (Fsp3) is 0.0714. The minimum Gasteiger partial charge on any atom is -0.439 e. The maximum absolute atomic E-state index is 10.7. The summed E-state index contributed by atoms with van der Waals surface area (Å²) in [6, 6.07) is 8.11. The lowest BCUT2D eigenvalue weighted by atomic mass is 10.3. The summed E-state index contributed by atoms with van der Waals surface area (Å²) in [5.41, 5.74) is 1.73. The largest absolute Gasteiger partial charge is 0.439 e. The molecule has 0 N–H and O–H groups in total. The van der Waals surface area contributed by atoms with E-state index in [1.165, 1.54) is 12.1 Å². The van der Waals surface area contributed by atoms with Crippen molar-refractivity contribution in [2.45, 2.75) is 6.92 Å². The van der Waals surface area contributed by atoms with E-state index in [0.717, 1.165) is 5.52 Å². The number of fused-ring (bicyclic) bond motifs is 1. The van der Waals surface area contributed by atoms with Gasteiger partial charge in [-0.1, -0.05) is 0 Å². The zero-order chi connectivity index (χ0) is 14.8. The number of nitro groups is 1. The molecule has 0 unspecified atom stereocenters. The number of hydrogen-bond donors (Lipinski definition) is 0. The van der Waals surface area contributed by atoms with Crippen LogP contribution >= 0.6 is 0 Å². The minimum absolute atomic E-state index is 0.0354. The molecule has 0 saturated heterocycles. The topological polar surface area (TPSA) is 91.0 Å². The molecule has 0 aliphatic rings. The van der Waals surface area contributed by atoms with Crippen LogP contribution in [0.2, 0.25) is 0 Å². The number of aryl methyl sites for hydroxylation is 1. The van der Waals surface area contributed by atoms with Crippen LogP contribution in [0.15, 0.2) is 42.7 Å². The fourth-order valence-corrected chi connectivity index (χ4v) is 1.91. The van der Waals surface area contributed by atoms with Gasteiger partial charge in [0.15, 0.2) is 0 Å². The Bertz CT molecular complexity index is 835. The lowest BCUT2D eigenvalue weighted by Crippen LogP contribution is -1.96. The fourth-order valence-electron chi connectivity index (χ4n) is 1.91. The maximum atomic E-state index is 10.7. The van der Waals surface area contributed by atoms with Gasteiger partial charge in [-0.25, -0.2) is 4.98 Å². The summed E-state index contributed by atoms with van der Waals surface area (Å²) in [7, 11) is 0. The van der Waals surface area contributed by atoms with Gasteiger partial charge in [0.1, 0.15) is 11.4 Å². The summed E-state index contributed by atoms with van der Waals surface area (Å²) in [5.74, 6) is 0.838. The Balaban J connectivity index is 1.91. The second-order valence-corrected chi connectivity index (χ2v) is 4.32. The summed E-state index contributed by atoms with van der Waals surface area (Å²) in [6.45, 7) is 1.57. The van der Waals surface area contributed by atoms with Crippen molar-refractivity contribution < 1.29 is 9.66 Å². The van der Waals surface area contributed by atoms with Crippen molar-refractivity contribution in [2.75, 3.05) is 0 Å². The second kappa shape index (κ2) is 5.12. The molecule has 0 aliphatic carbocycles. The van der Waals surface area contributed by atoms with E-state index in [0.29, 0.717) is 22.8 Å². The number of rotatable bonds is 3. The van der Waals surface area contributed by atoms with E-state index < -0.39 is 4.92 Å². The van der Waals surface area contributed by atoms with Gasteiger partial charge in [-0.05, 0) is 19.1 Å². The first kappa shape index (κ1) is 12.9. The highest BCUT2D eigenvalue weighted by molar-refractivity contribution is 5.75. The maximum Gasteiger partial charge on any atom is 0.290 e. The van der Waals surface area contributed by atoms with Crippen molar-refractivity contribution in [1.82, 2.24) is 15.0 Å². The molecule has 0 atom stereocenters. The second-order valence-electron chi connectivity index (χ2n) is 4.32. The van der Waals surface area contributed by atoms with Gasteiger partial charge in [-0.2, -0.15) is 0 Å². The summed E-state index contributed by atoms with van der Waals surface area (Å²) >= 11 is 0. The van der Waals surface area contributed by atoms with Gasteiger partial charge in [0.05, 0.1) is 16.0 Å². The molecule has 21 heavy (non-hydrogen) atoms. The Morgan fingerprint density at radius 3 is 2.57 bits per heavy atom. The van der Waals surface area contributed by atoms with E-state index in [4.69, 9.17) is 4.74 Å². The van der Waals surface area contributed by atoms with Crippen molar-refractivity contribution in [3.63, 3.8) is 0 Å². The van der Waals surface area contributed by atoms with E-state index in [2.05, 4.69) is 15.0 Å². The normalized spacial score (nSPS) is 10.5. The zero-order valence-corrected chi connectivity index (χ0v) is 11.1. The molecule has 0 aliphatic heterocycles. The van der Waals surface area contributed by atoms with E-state index in [1.807, 2.05) is 0 Å². The standard InChI is InChI=1S/C14H10N4O3/c1-9-13(18(19)20)4-5-14(17-9)21-10-2-3-11-12(8-10)16-7-6-15-11/h2-8H,1H3. The molecule has 3 rings (SSSR count). The molecule has 2 aromatic heterocycles. The number of ether oxygens (including phenoxy) is 1. The molecule has 0 amide bonds. The van der Waals surface area contributed by atoms with Gasteiger partial charge in [-0.3, -0.25) is 20.1 Å². The molecule has 0 spiro atoms. The Morgan fingerprint density at radius 2 is 1.86 bits per heavy atom. The van der Waals surface area contributed by atoms with Crippen molar-refractivity contribution in [3.8, 4) is 11.6 Å². The zero-order valence-electron chi connectivity index (χ0n) is 11.1. The Hall–Kier alpha value is -3.09. The van der Waals surface area contributed by atoms with Crippen LogP contribution in [-0.2, 0) is 0 Å². The number of nitrogens with zero attached hydrogens (tertiary/aromatic N) is 4. The Labute approximate surface area is 119 Å². The molecule has 104 valence electrons. The predicted molar refractivity (Wildman–Crippen MR) is 75.2 cm³/mol. The van der Waals surface area contributed by atoms with Crippen LogP contribution in [0.3, 0.4) is 0 Å². The van der Waals surface area contributed by atoms with Crippen LogP contribution in [0.1, 0.15) is 5.69 Å². The monoisotopic (exact) mass is 282 g/mol. The third kappa shape index (κ3) is 2.62. The lowest BCUT2D eigenvalue weighted by molar-refractivity contribution is -0.385. The first-order valence-corrected chi connectivity index (χ1v) is 6.14. The third-order valence-corrected chi connectivity index (χ3v) is 2.89.